The minimum absolute atomic E-state index is 0.179. The molecule has 0 aliphatic rings. The normalized spacial score (nSPS) is 10.2. The number of benzene rings is 2. The maximum atomic E-state index is 12.1. The van der Waals surface area contributed by atoms with Crippen LogP contribution < -0.4 is 10.6 Å². The minimum atomic E-state index is -0.179. The van der Waals surface area contributed by atoms with E-state index in [2.05, 4.69) is 15.6 Å². The van der Waals surface area contributed by atoms with E-state index in [1.54, 1.807) is 12.3 Å². The smallest absolute Gasteiger partial charge is 0.270 e. The number of rotatable bonds is 5. The zero-order valence-corrected chi connectivity index (χ0v) is 13.5. The highest BCUT2D eigenvalue weighted by Crippen LogP contribution is 2.19. The van der Waals surface area contributed by atoms with E-state index in [0.717, 1.165) is 22.5 Å². The van der Waals surface area contributed by atoms with Crippen molar-refractivity contribution >= 4 is 17.3 Å². The summed E-state index contributed by atoms with van der Waals surface area (Å²) in [5, 5.41) is 6.17. The van der Waals surface area contributed by atoms with Gasteiger partial charge in [0, 0.05) is 12.2 Å². The summed E-state index contributed by atoms with van der Waals surface area (Å²) in [7, 11) is 0. The van der Waals surface area contributed by atoms with E-state index in [1.807, 2.05) is 67.6 Å². The molecule has 3 rings (SSSR count). The maximum Gasteiger partial charge on any atom is 0.270 e. The van der Waals surface area contributed by atoms with Crippen LogP contribution in [0.4, 0.5) is 11.4 Å². The number of para-hydroxylation sites is 1. The van der Waals surface area contributed by atoms with Gasteiger partial charge < -0.3 is 10.6 Å². The van der Waals surface area contributed by atoms with Gasteiger partial charge in [-0.1, -0.05) is 48.5 Å². The summed E-state index contributed by atoms with van der Waals surface area (Å²) in [6.45, 7) is 2.53. The highest BCUT2D eigenvalue weighted by Gasteiger charge is 2.07. The molecular weight excluding hydrogens is 298 g/mol. The summed E-state index contributed by atoms with van der Waals surface area (Å²) >= 11 is 0. The van der Waals surface area contributed by atoms with Crippen molar-refractivity contribution in [3.8, 4) is 0 Å². The number of hydrogen-bond donors (Lipinski definition) is 2. The van der Waals surface area contributed by atoms with Crippen LogP contribution in [0.25, 0.3) is 0 Å². The number of carbonyl (C=O) groups is 1. The predicted octanol–water partition coefficient (Wildman–Crippen LogP) is 4.06. The van der Waals surface area contributed by atoms with Crippen molar-refractivity contribution < 1.29 is 4.79 Å². The summed E-state index contributed by atoms with van der Waals surface area (Å²) in [6.07, 6.45) is 1.67. The Kier molecular flexibility index (Phi) is 4.87. The highest BCUT2D eigenvalue weighted by molar-refractivity contribution is 5.92. The molecule has 0 aliphatic heterocycles. The maximum absolute atomic E-state index is 12.1. The first-order valence-corrected chi connectivity index (χ1v) is 7.83. The molecule has 4 heteroatoms. The van der Waals surface area contributed by atoms with Gasteiger partial charge in [0.1, 0.15) is 5.69 Å². The van der Waals surface area contributed by atoms with Gasteiger partial charge >= 0.3 is 0 Å². The molecule has 2 aromatic carbocycles. The van der Waals surface area contributed by atoms with Gasteiger partial charge in [-0.3, -0.25) is 4.79 Å². The number of amides is 1. The van der Waals surface area contributed by atoms with Crippen molar-refractivity contribution in [2.75, 3.05) is 5.32 Å². The lowest BCUT2D eigenvalue weighted by molar-refractivity contribution is 0.0946. The van der Waals surface area contributed by atoms with Crippen LogP contribution in [0.5, 0.6) is 0 Å². The molecule has 0 radical (unpaired) electrons. The number of carbonyl (C=O) groups excluding carboxylic acids is 1. The molecule has 1 heterocycles. The molecule has 0 saturated heterocycles. The predicted molar refractivity (Wildman–Crippen MR) is 96.3 cm³/mol. The van der Waals surface area contributed by atoms with Crippen LogP contribution in [-0.2, 0) is 6.54 Å². The molecule has 24 heavy (non-hydrogen) atoms. The standard InChI is InChI=1S/C20H19N3O/c1-15-7-5-6-10-18(15)23-17-11-12-19(21-14-17)20(24)22-13-16-8-3-2-4-9-16/h2-12,14,23H,13H2,1H3,(H,22,24). The van der Waals surface area contributed by atoms with Gasteiger partial charge in [0.15, 0.2) is 0 Å². The van der Waals surface area contributed by atoms with Crippen LogP contribution in [0.2, 0.25) is 0 Å². The number of pyridine rings is 1. The number of anilines is 2. The van der Waals surface area contributed by atoms with Crippen LogP contribution in [0.15, 0.2) is 72.9 Å². The summed E-state index contributed by atoms with van der Waals surface area (Å²) in [4.78, 5) is 16.4. The summed E-state index contributed by atoms with van der Waals surface area (Å²) < 4.78 is 0. The Morgan fingerprint density at radius 3 is 2.42 bits per heavy atom. The number of hydrogen-bond acceptors (Lipinski definition) is 3. The van der Waals surface area contributed by atoms with Crippen molar-refractivity contribution in [1.82, 2.24) is 10.3 Å². The Labute approximate surface area is 141 Å². The first-order valence-electron chi connectivity index (χ1n) is 7.83. The molecule has 1 aromatic heterocycles. The van der Waals surface area contributed by atoms with Crippen LogP contribution in [0, 0.1) is 6.92 Å². The lowest BCUT2D eigenvalue weighted by Crippen LogP contribution is -2.23. The monoisotopic (exact) mass is 317 g/mol. The molecule has 4 nitrogen and oxygen atoms in total. The fraction of sp³-hybridized carbons (Fsp3) is 0.100. The highest BCUT2D eigenvalue weighted by atomic mass is 16.1. The molecule has 3 aromatic rings. The third-order valence-electron chi connectivity index (χ3n) is 3.72. The molecule has 1 amide bonds. The zero-order chi connectivity index (χ0) is 16.8. The van der Waals surface area contributed by atoms with Crippen LogP contribution in [-0.4, -0.2) is 10.9 Å². The molecule has 0 atom stereocenters. The Balaban J connectivity index is 1.61. The lowest BCUT2D eigenvalue weighted by Gasteiger charge is -2.09. The van der Waals surface area contributed by atoms with Gasteiger partial charge in [0.25, 0.3) is 5.91 Å². The minimum Gasteiger partial charge on any atom is -0.354 e. The molecule has 120 valence electrons. The first kappa shape index (κ1) is 15.7. The van der Waals surface area contributed by atoms with E-state index < -0.39 is 0 Å². The SMILES string of the molecule is Cc1ccccc1Nc1ccc(C(=O)NCc2ccccc2)nc1. The summed E-state index contributed by atoms with van der Waals surface area (Å²) in [5.41, 5.74) is 4.50. The topological polar surface area (TPSA) is 54.0 Å². The van der Waals surface area contributed by atoms with Crippen LogP contribution >= 0.6 is 0 Å². The molecule has 0 saturated carbocycles. The van der Waals surface area contributed by atoms with Crippen LogP contribution in [0.1, 0.15) is 21.6 Å². The quantitative estimate of drug-likeness (QED) is 0.746. The second-order valence-corrected chi connectivity index (χ2v) is 5.54. The van der Waals surface area contributed by atoms with Crippen molar-refractivity contribution in [1.29, 1.82) is 0 Å². The van der Waals surface area contributed by atoms with Gasteiger partial charge in [-0.05, 0) is 36.2 Å². The van der Waals surface area contributed by atoms with Crippen molar-refractivity contribution in [2.45, 2.75) is 13.5 Å². The van der Waals surface area contributed by atoms with E-state index in [0.29, 0.717) is 12.2 Å². The van der Waals surface area contributed by atoms with Crippen molar-refractivity contribution in [2.24, 2.45) is 0 Å². The first-order chi connectivity index (χ1) is 11.7. The molecular formula is C20H19N3O. The Hall–Kier alpha value is -3.14. The van der Waals surface area contributed by atoms with Gasteiger partial charge in [-0.25, -0.2) is 4.98 Å². The summed E-state index contributed by atoms with van der Waals surface area (Å²) in [6, 6.07) is 21.4. The van der Waals surface area contributed by atoms with Gasteiger partial charge in [0.05, 0.1) is 11.9 Å². The average Bonchev–Trinajstić information content (AvgIpc) is 2.63. The van der Waals surface area contributed by atoms with E-state index in [-0.39, 0.29) is 5.91 Å². The number of nitrogens with zero attached hydrogens (tertiary/aromatic N) is 1. The van der Waals surface area contributed by atoms with E-state index >= 15 is 0 Å². The molecule has 0 unspecified atom stereocenters. The lowest BCUT2D eigenvalue weighted by atomic mass is 10.2. The third kappa shape index (κ3) is 3.98. The molecule has 2 N–H and O–H groups in total. The number of nitrogens with one attached hydrogen (secondary N) is 2. The van der Waals surface area contributed by atoms with Gasteiger partial charge in [0.2, 0.25) is 0 Å². The second-order valence-electron chi connectivity index (χ2n) is 5.54. The Bertz CT molecular complexity index is 814. The number of aromatic nitrogens is 1. The van der Waals surface area contributed by atoms with Gasteiger partial charge in [-0.15, -0.1) is 0 Å². The average molecular weight is 317 g/mol. The zero-order valence-electron chi connectivity index (χ0n) is 13.5. The fourth-order valence-corrected chi connectivity index (χ4v) is 2.34. The fourth-order valence-electron chi connectivity index (χ4n) is 2.34. The second kappa shape index (κ2) is 7.42. The largest absolute Gasteiger partial charge is 0.354 e. The molecule has 0 fully saturated rings. The Morgan fingerprint density at radius 2 is 1.71 bits per heavy atom. The molecule has 0 spiro atoms. The van der Waals surface area contributed by atoms with Crippen molar-refractivity contribution in [3.63, 3.8) is 0 Å². The Morgan fingerprint density at radius 1 is 0.958 bits per heavy atom. The third-order valence-corrected chi connectivity index (χ3v) is 3.72. The van der Waals surface area contributed by atoms with E-state index in [4.69, 9.17) is 0 Å². The number of aryl methyl sites for hydroxylation is 1. The van der Waals surface area contributed by atoms with Crippen LogP contribution in [0.3, 0.4) is 0 Å². The van der Waals surface area contributed by atoms with E-state index in [9.17, 15) is 4.79 Å². The molecule has 0 bridgehead atoms. The van der Waals surface area contributed by atoms with E-state index in [1.165, 1.54) is 0 Å². The van der Waals surface area contributed by atoms with Crippen molar-refractivity contribution in [3.05, 3.63) is 89.7 Å². The molecule has 0 aliphatic carbocycles. The summed E-state index contributed by atoms with van der Waals surface area (Å²) in [5.74, 6) is -0.179. The van der Waals surface area contributed by atoms with Gasteiger partial charge in [-0.2, -0.15) is 0 Å².